The third kappa shape index (κ3) is 2.81. The molecule has 0 radical (unpaired) electrons. The van der Waals surface area contributed by atoms with Gasteiger partial charge in [-0.15, -0.1) is 16.9 Å². The number of aromatic nitrogens is 2. The number of nitrogens with one attached hydrogen (secondary N) is 1. The highest BCUT2D eigenvalue weighted by atomic mass is 35.5. The topological polar surface area (TPSA) is 55.0 Å². The third-order valence-corrected chi connectivity index (χ3v) is 2.98. The van der Waals surface area contributed by atoms with Gasteiger partial charge < -0.3 is 4.74 Å². The number of hydrogen-bond acceptors (Lipinski definition) is 4. The minimum absolute atomic E-state index is 0.0177. The molecular weight excluding hydrogens is 260 g/mol. The van der Waals surface area contributed by atoms with Crippen LogP contribution in [-0.2, 0) is 0 Å². The van der Waals surface area contributed by atoms with Crippen LogP contribution in [0.2, 0.25) is 5.15 Å². The van der Waals surface area contributed by atoms with Crippen molar-refractivity contribution in [3.05, 3.63) is 45.7 Å². The Morgan fingerprint density at radius 2 is 2.18 bits per heavy atom. The van der Waals surface area contributed by atoms with E-state index < -0.39 is 0 Å². The zero-order valence-electron chi connectivity index (χ0n) is 8.94. The summed E-state index contributed by atoms with van der Waals surface area (Å²) in [6, 6.07) is 8.65. The van der Waals surface area contributed by atoms with Crippen molar-refractivity contribution in [2.24, 2.45) is 0 Å². The molecule has 0 saturated heterocycles. The molecule has 17 heavy (non-hydrogen) atoms. The Morgan fingerprint density at radius 3 is 2.88 bits per heavy atom. The van der Waals surface area contributed by atoms with E-state index in [1.54, 1.807) is 6.07 Å². The summed E-state index contributed by atoms with van der Waals surface area (Å²) in [6.45, 7) is 0. The number of aromatic amines is 1. The molecule has 0 bridgehead atoms. The van der Waals surface area contributed by atoms with Crippen molar-refractivity contribution >= 4 is 23.4 Å². The molecule has 4 nitrogen and oxygen atoms in total. The van der Waals surface area contributed by atoms with Crippen LogP contribution in [0.15, 0.2) is 40.0 Å². The Hall–Kier alpha value is -1.46. The highest BCUT2D eigenvalue weighted by Gasteiger charge is 2.08. The molecule has 1 N–H and O–H groups in total. The predicted molar refractivity (Wildman–Crippen MR) is 68.2 cm³/mol. The molecular formula is C11H9ClN2O2S. The summed E-state index contributed by atoms with van der Waals surface area (Å²) < 4.78 is 5.45. The highest BCUT2D eigenvalue weighted by Crippen LogP contribution is 2.29. The van der Waals surface area contributed by atoms with E-state index in [-0.39, 0.29) is 16.5 Å². The minimum atomic E-state index is -0.357. The maximum Gasteiger partial charge on any atom is 0.285 e. The van der Waals surface area contributed by atoms with Crippen molar-refractivity contribution in [2.75, 3.05) is 6.26 Å². The second-order valence-electron chi connectivity index (χ2n) is 3.14. The lowest BCUT2D eigenvalue weighted by molar-refractivity contribution is 0.440. The van der Waals surface area contributed by atoms with Crippen molar-refractivity contribution in [3.63, 3.8) is 0 Å². The number of thioether (sulfide) groups is 1. The summed E-state index contributed by atoms with van der Waals surface area (Å²) in [4.78, 5) is 12.5. The van der Waals surface area contributed by atoms with Crippen LogP contribution in [-0.4, -0.2) is 16.5 Å². The van der Waals surface area contributed by atoms with Gasteiger partial charge in [0.1, 0.15) is 10.9 Å². The molecule has 0 saturated carbocycles. The van der Waals surface area contributed by atoms with Crippen LogP contribution >= 0.6 is 23.4 Å². The molecule has 0 spiro atoms. The van der Waals surface area contributed by atoms with Crippen LogP contribution in [0.25, 0.3) is 0 Å². The Morgan fingerprint density at radius 1 is 1.41 bits per heavy atom. The lowest BCUT2D eigenvalue weighted by atomic mass is 10.3. The Labute approximate surface area is 107 Å². The fourth-order valence-electron chi connectivity index (χ4n) is 1.25. The molecule has 0 unspecified atom stereocenters. The number of rotatable bonds is 3. The Kier molecular flexibility index (Phi) is 3.71. The molecule has 1 aromatic heterocycles. The maximum atomic E-state index is 11.5. The first-order valence-corrected chi connectivity index (χ1v) is 6.37. The van der Waals surface area contributed by atoms with Crippen LogP contribution in [0.4, 0.5) is 0 Å². The van der Waals surface area contributed by atoms with Gasteiger partial charge in [-0.2, -0.15) is 0 Å². The Balaban J connectivity index is 2.35. The second kappa shape index (κ2) is 5.25. The van der Waals surface area contributed by atoms with Crippen LogP contribution in [0.5, 0.6) is 11.6 Å². The summed E-state index contributed by atoms with van der Waals surface area (Å²) in [5, 5.41) is 6.41. The third-order valence-electron chi connectivity index (χ3n) is 2.01. The number of hydrogen-bond donors (Lipinski definition) is 1. The van der Waals surface area contributed by atoms with Crippen molar-refractivity contribution < 1.29 is 4.74 Å². The van der Waals surface area contributed by atoms with E-state index in [2.05, 4.69) is 10.2 Å². The maximum absolute atomic E-state index is 11.5. The number of benzene rings is 1. The summed E-state index contributed by atoms with van der Waals surface area (Å²) >= 11 is 7.13. The molecule has 0 atom stereocenters. The average Bonchev–Trinajstić information content (AvgIpc) is 2.33. The number of halogens is 1. The van der Waals surface area contributed by atoms with Crippen LogP contribution in [0.3, 0.4) is 0 Å². The van der Waals surface area contributed by atoms with E-state index in [9.17, 15) is 4.79 Å². The van der Waals surface area contributed by atoms with Gasteiger partial charge in [-0.05, 0) is 18.4 Å². The number of ether oxygens (including phenoxy) is 1. The normalized spacial score (nSPS) is 10.2. The van der Waals surface area contributed by atoms with Crippen molar-refractivity contribution in [1.29, 1.82) is 0 Å². The fraction of sp³-hybridized carbons (Fsp3) is 0.0909. The largest absolute Gasteiger partial charge is 0.434 e. The van der Waals surface area contributed by atoms with Gasteiger partial charge >= 0.3 is 0 Å². The van der Waals surface area contributed by atoms with Gasteiger partial charge in [0, 0.05) is 11.0 Å². The number of para-hydroxylation sites is 1. The molecule has 2 aromatic rings. The quantitative estimate of drug-likeness (QED) is 0.870. The smallest absolute Gasteiger partial charge is 0.285 e. The lowest BCUT2D eigenvalue weighted by Gasteiger charge is -2.07. The molecule has 6 heteroatoms. The summed E-state index contributed by atoms with van der Waals surface area (Å²) in [6.07, 6.45) is 1.93. The van der Waals surface area contributed by atoms with E-state index in [1.807, 2.05) is 24.5 Å². The first-order chi connectivity index (χ1) is 8.20. The molecule has 0 amide bonds. The summed E-state index contributed by atoms with van der Waals surface area (Å²) in [5.41, 5.74) is -0.357. The van der Waals surface area contributed by atoms with Crippen LogP contribution in [0, 0.1) is 0 Å². The van der Waals surface area contributed by atoms with E-state index in [4.69, 9.17) is 16.3 Å². The molecule has 0 aliphatic heterocycles. The molecule has 0 aliphatic rings. The molecule has 1 heterocycles. The van der Waals surface area contributed by atoms with Crippen molar-refractivity contribution in [1.82, 2.24) is 10.2 Å². The molecule has 0 fully saturated rings. The highest BCUT2D eigenvalue weighted by molar-refractivity contribution is 7.98. The van der Waals surface area contributed by atoms with Crippen LogP contribution < -0.4 is 10.2 Å². The minimum Gasteiger partial charge on any atom is -0.434 e. The Bertz CT molecular complexity index is 586. The van der Waals surface area contributed by atoms with E-state index in [0.717, 1.165) is 4.90 Å². The predicted octanol–water partition coefficient (Wildman–Crippen LogP) is 2.94. The SMILES string of the molecule is CSc1ccccc1Oc1n[nH]c(Cl)cc1=O. The molecule has 0 aliphatic carbocycles. The van der Waals surface area contributed by atoms with Crippen molar-refractivity contribution in [3.8, 4) is 11.6 Å². The van der Waals surface area contributed by atoms with Gasteiger partial charge in [-0.3, -0.25) is 9.89 Å². The van der Waals surface area contributed by atoms with E-state index >= 15 is 0 Å². The van der Waals surface area contributed by atoms with Crippen molar-refractivity contribution in [2.45, 2.75) is 4.90 Å². The molecule has 1 aromatic carbocycles. The van der Waals surface area contributed by atoms with Crippen LogP contribution in [0.1, 0.15) is 0 Å². The summed E-state index contributed by atoms with van der Waals surface area (Å²) in [5.74, 6) is 0.580. The van der Waals surface area contributed by atoms with Gasteiger partial charge in [0.2, 0.25) is 5.43 Å². The van der Waals surface area contributed by atoms with Gasteiger partial charge in [-0.25, -0.2) is 0 Å². The summed E-state index contributed by atoms with van der Waals surface area (Å²) in [7, 11) is 0. The van der Waals surface area contributed by atoms with E-state index in [0.29, 0.717) is 5.75 Å². The van der Waals surface area contributed by atoms with Gasteiger partial charge in [0.15, 0.2) is 0 Å². The van der Waals surface area contributed by atoms with E-state index in [1.165, 1.54) is 17.8 Å². The number of nitrogens with zero attached hydrogens (tertiary/aromatic N) is 1. The zero-order chi connectivity index (χ0) is 12.3. The van der Waals surface area contributed by atoms with Gasteiger partial charge in [-0.1, -0.05) is 23.7 Å². The first kappa shape index (κ1) is 12.0. The van der Waals surface area contributed by atoms with Gasteiger partial charge in [0.25, 0.3) is 5.88 Å². The molecule has 88 valence electrons. The molecule has 2 rings (SSSR count). The monoisotopic (exact) mass is 268 g/mol. The zero-order valence-corrected chi connectivity index (χ0v) is 10.5. The second-order valence-corrected chi connectivity index (χ2v) is 4.39. The van der Waals surface area contributed by atoms with Gasteiger partial charge in [0.05, 0.1) is 0 Å². The fourth-order valence-corrected chi connectivity index (χ4v) is 1.92. The first-order valence-electron chi connectivity index (χ1n) is 4.77. The average molecular weight is 269 g/mol. The standard InChI is InChI=1S/C11H9ClN2O2S/c1-17-9-5-3-2-4-8(9)16-11-7(15)6-10(12)13-14-11/h2-6H,1H3,(H,13,15). The lowest BCUT2D eigenvalue weighted by Crippen LogP contribution is -2.07. The number of H-pyrrole nitrogens is 1.